The summed E-state index contributed by atoms with van der Waals surface area (Å²) in [6, 6.07) is 10.1. The van der Waals surface area contributed by atoms with Gasteiger partial charge in [0.25, 0.3) is 0 Å². The van der Waals surface area contributed by atoms with E-state index in [2.05, 4.69) is 0 Å². The first-order chi connectivity index (χ1) is 7.70. The number of rotatable bonds is 3. The molecule has 0 saturated heterocycles. The number of aliphatic hydroxyl groups excluding tert-OH is 2. The number of aliphatic hydroxyl groups is 2. The van der Waals surface area contributed by atoms with Gasteiger partial charge in [0.15, 0.2) is 0 Å². The van der Waals surface area contributed by atoms with Crippen LogP contribution >= 0.6 is 11.6 Å². The van der Waals surface area contributed by atoms with Crippen LogP contribution in [0.15, 0.2) is 40.8 Å². The number of furan rings is 1. The second-order valence-electron chi connectivity index (χ2n) is 3.42. The topological polar surface area (TPSA) is 53.6 Å². The van der Waals surface area contributed by atoms with E-state index in [0.29, 0.717) is 22.1 Å². The summed E-state index contributed by atoms with van der Waals surface area (Å²) < 4.78 is 5.25. The minimum absolute atomic E-state index is 0.173. The Hall–Kier alpha value is -1.29. The Morgan fingerprint density at radius 1 is 1.12 bits per heavy atom. The fourth-order valence-electron chi connectivity index (χ4n) is 1.44. The first-order valence-electron chi connectivity index (χ1n) is 4.83. The van der Waals surface area contributed by atoms with E-state index in [1.54, 1.807) is 36.4 Å². The zero-order valence-electron chi connectivity index (χ0n) is 8.43. The van der Waals surface area contributed by atoms with E-state index in [0.717, 1.165) is 0 Å². The fourth-order valence-corrected chi connectivity index (χ4v) is 1.56. The van der Waals surface area contributed by atoms with E-state index < -0.39 is 6.10 Å². The van der Waals surface area contributed by atoms with Gasteiger partial charge in [0.1, 0.15) is 24.2 Å². The Kier molecular flexibility index (Phi) is 3.29. The lowest BCUT2D eigenvalue weighted by Gasteiger charge is -2.07. The van der Waals surface area contributed by atoms with Crippen LogP contribution in [-0.4, -0.2) is 10.2 Å². The first kappa shape index (κ1) is 11.2. The molecule has 0 saturated carbocycles. The van der Waals surface area contributed by atoms with Crippen molar-refractivity contribution in [2.75, 3.05) is 0 Å². The lowest BCUT2D eigenvalue weighted by molar-refractivity contribution is 0.176. The van der Waals surface area contributed by atoms with Crippen LogP contribution in [-0.2, 0) is 6.61 Å². The maximum Gasteiger partial charge on any atom is 0.137 e. The number of hydrogen-bond acceptors (Lipinski definition) is 3. The van der Waals surface area contributed by atoms with Crippen LogP contribution in [0, 0.1) is 0 Å². The van der Waals surface area contributed by atoms with Crippen molar-refractivity contribution < 1.29 is 14.6 Å². The minimum atomic E-state index is -0.836. The lowest BCUT2D eigenvalue weighted by Crippen LogP contribution is -1.97. The Morgan fingerprint density at radius 3 is 2.38 bits per heavy atom. The predicted octanol–water partition coefficient (Wildman–Crippen LogP) is 2.51. The molecule has 84 valence electrons. The molecule has 3 nitrogen and oxygen atoms in total. The van der Waals surface area contributed by atoms with Gasteiger partial charge in [-0.1, -0.05) is 23.7 Å². The van der Waals surface area contributed by atoms with Crippen LogP contribution in [0.4, 0.5) is 0 Å². The highest BCUT2D eigenvalue weighted by Crippen LogP contribution is 2.24. The van der Waals surface area contributed by atoms with Crippen molar-refractivity contribution in [3.8, 4) is 0 Å². The van der Waals surface area contributed by atoms with Crippen molar-refractivity contribution in [1.29, 1.82) is 0 Å². The van der Waals surface area contributed by atoms with Gasteiger partial charge in [-0.3, -0.25) is 0 Å². The van der Waals surface area contributed by atoms with Crippen LogP contribution in [0.1, 0.15) is 23.2 Å². The van der Waals surface area contributed by atoms with Gasteiger partial charge in [0.05, 0.1) is 0 Å². The predicted molar refractivity (Wildman–Crippen MR) is 60.1 cm³/mol. The van der Waals surface area contributed by atoms with Crippen LogP contribution in [0.2, 0.25) is 5.02 Å². The Labute approximate surface area is 97.9 Å². The van der Waals surface area contributed by atoms with Crippen molar-refractivity contribution in [3.05, 3.63) is 58.5 Å². The van der Waals surface area contributed by atoms with Gasteiger partial charge in [0, 0.05) is 5.02 Å². The first-order valence-corrected chi connectivity index (χ1v) is 5.21. The molecule has 2 N–H and O–H groups in total. The molecule has 0 radical (unpaired) electrons. The van der Waals surface area contributed by atoms with Crippen LogP contribution < -0.4 is 0 Å². The standard InChI is InChI=1S/C12H11ClO3/c13-9-3-1-8(2-4-9)12(15)11-6-5-10(7-14)16-11/h1-6,12,14-15H,7H2. The molecule has 0 amide bonds. The summed E-state index contributed by atoms with van der Waals surface area (Å²) in [6.45, 7) is -0.173. The molecule has 0 aliphatic carbocycles. The SMILES string of the molecule is OCc1ccc(C(O)c2ccc(Cl)cc2)o1. The quantitative estimate of drug-likeness (QED) is 0.864. The number of halogens is 1. The van der Waals surface area contributed by atoms with Crippen LogP contribution in [0.5, 0.6) is 0 Å². The summed E-state index contributed by atoms with van der Waals surface area (Å²) in [7, 11) is 0. The molecule has 1 aromatic heterocycles. The maximum absolute atomic E-state index is 9.97. The Bertz CT molecular complexity index is 461. The smallest absolute Gasteiger partial charge is 0.137 e. The summed E-state index contributed by atoms with van der Waals surface area (Å²) >= 11 is 5.75. The Balaban J connectivity index is 2.24. The van der Waals surface area contributed by atoms with E-state index in [1.165, 1.54) is 0 Å². The second-order valence-corrected chi connectivity index (χ2v) is 3.85. The molecule has 0 aliphatic rings. The molecular weight excluding hydrogens is 228 g/mol. The molecule has 16 heavy (non-hydrogen) atoms. The van der Waals surface area contributed by atoms with E-state index in [4.69, 9.17) is 21.1 Å². The molecule has 1 aromatic carbocycles. The highest BCUT2D eigenvalue weighted by Gasteiger charge is 2.14. The summed E-state index contributed by atoms with van der Waals surface area (Å²) in [5.74, 6) is 0.842. The highest BCUT2D eigenvalue weighted by molar-refractivity contribution is 6.30. The number of benzene rings is 1. The van der Waals surface area contributed by atoms with Gasteiger partial charge in [-0.2, -0.15) is 0 Å². The normalized spacial score (nSPS) is 12.7. The molecule has 1 heterocycles. The molecule has 4 heteroatoms. The summed E-state index contributed by atoms with van der Waals surface area (Å²) in [4.78, 5) is 0. The van der Waals surface area contributed by atoms with Gasteiger partial charge in [-0.05, 0) is 29.8 Å². The van der Waals surface area contributed by atoms with Crippen molar-refractivity contribution >= 4 is 11.6 Å². The second kappa shape index (κ2) is 4.70. The van der Waals surface area contributed by atoms with E-state index in [1.807, 2.05) is 0 Å². The zero-order valence-corrected chi connectivity index (χ0v) is 9.19. The molecule has 2 rings (SSSR count). The van der Waals surface area contributed by atoms with Crippen LogP contribution in [0.25, 0.3) is 0 Å². The van der Waals surface area contributed by atoms with Gasteiger partial charge in [-0.15, -0.1) is 0 Å². The third-order valence-corrected chi connectivity index (χ3v) is 2.55. The van der Waals surface area contributed by atoms with Gasteiger partial charge >= 0.3 is 0 Å². The van der Waals surface area contributed by atoms with Crippen molar-refractivity contribution in [2.24, 2.45) is 0 Å². The van der Waals surface area contributed by atoms with E-state index in [9.17, 15) is 5.11 Å². The molecular formula is C12H11ClO3. The van der Waals surface area contributed by atoms with Crippen LogP contribution in [0.3, 0.4) is 0 Å². The summed E-state index contributed by atoms with van der Waals surface area (Å²) in [6.07, 6.45) is -0.836. The third-order valence-electron chi connectivity index (χ3n) is 2.29. The van der Waals surface area contributed by atoms with Crippen molar-refractivity contribution in [1.82, 2.24) is 0 Å². The maximum atomic E-state index is 9.97. The molecule has 1 unspecified atom stereocenters. The molecule has 0 bridgehead atoms. The average Bonchev–Trinajstić information content (AvgIpc) is 2.77. The zero-order chi connectivity index (χ0) is 11.5. The average molecular weight is 239 g/mol. The monoisotopic (exact) mass is 238 g/mol. The van der Waals surface area contributed by atoms with E-state index >= 15 is 0 Å². The van der Waals surface area contributed by atoms with Gasteiger partial charge in [-0.25, -0.2) is 0 Å². The summed E-state index contributed by atoms with van der Waals surface area (Å²) in [5.41, 5.74) is 0.697. The van der Waals surface area contributed by atoms with E-state index in [-0.39, 0.29) is 6.61 Å². The molecule has 0 fully saturated rings. The summed E-state index contributed by atoms with van der Waals surface area (Å²) in [5, 5.41) is 19.4. The Morgan fingerprint density at radius 2 is 1.81 bits per heavy atom. The minimum Gasteiger partial charge on any atom is -0.460 e. The van der Waals surface area contributed by atoms with Crippen molar-refractivity contribution in [2.45, 2.75) is 12.7 Å². The molecule has 1 atom stereocenters. The highest BCUT2D eigenvalue weighted by atomic mass is 35.5. The van der Waals surface area contributed by atoms with Gasteiger partial charge < -0.3 is 14.6 Å². The number of hydrogen-bond donors (Lipinski definition) is 2. The fraction of sp³-hybridized carbons (Fsp3) is 0.167. The largest absolute Gasteiger partial charge is 0.460 e. The third kappa shape index (κ3) is 2.27. The molecule has 0 aliphatic heterocycles. The lowest BCUT2D eigenvalue weighted by atomic mass is 10.1. The molecule has 2 aromatic rings. The van der Waals surface area contributed by atoms with Crippen molar-refractivity contribution in [3.63, 3.8) is 0 Å². The van der Waals surface area contributed by atoms with Gasteiger partial charge in [0.2, 0.25) is 0 Å². The molecule has 0 spiro atoms.